The van der Waals surface area contributed by atoms with E-state index in [9.17, 15) is 10.5 Å². The van der Waals surface area contributed by atoms with Gasteiger partial charge in [0.2, 0.25) is 0 Å². The SMILES string of the molecule is N#Cc1c(NO)nc(SCc2ccc(N=[N+]=[N-])cc2)nc1-c1ccc(-c2ccccc2)cc1. The van der Waals surface area contributed by atoms with E-state index in [1.165, 1.54) is 11.8 Å². The molecule has 1 aromatic heterocycles. The molecule has 4 aromatic rings. The quantitative estimate of drug-likeness (QED) is 0.0801. The molecule has 2 N–H and O–H groups in total. The van der Waals surface area contributed by atoms with Crippen LogP contribution in [0, 0.1) is 11.3 Å². The highest BCUT2D eigenvalue weighted by atomic mass is 32.2. The molecule has 9 heteroatoms. The maximum atomic E-state index is 9.67. The second kappa shape index (κ2) is 10.3. The van der Waals surface area contributed by atoms with E-state index < -0.39 is 0 Å². The first-order valence-corrected chi connectivity index (χ1v) is 10.9. The van der Waals surface area contributed by atoms with E-state index in [1.807, 2.05) is 72.2 Å². The van der Waals surface area contributed by atoms with Crippen LogP contribution in [0.15, 0.2) is 89.1 Å². The first-order chi connectivity index (χ1) is 16.2. The van der Waals surface area contributed by atoms with Crippen LogP contribution in [0.25, 0.3) is 32.8 Å². The van der Waals surface area contributed by atoms with Crippen molar-refractivity contribution in [3.05, 3.63) is 100 Å². The molecular weight excluding hydrogens is 434 g/mol. The molecule has 1 heterocycles. The number of anilines is 1. The zero-order chi connectivity index (χ0) is 23.0. The van der Waals surface area contributed by atoms with Crippen LogP contribution >= 0.6 is 11.8 Å². The Morgan fingerprint density at radius 1 is 0.939 bits per heavy atom. The summed E-state index contributed by atoms with van der Waals surface area (Å²) < 4.78 is 0. The van der Waals surface area contributed by atoms with E-state index >= 15 is 0 Å². The van der Waals surface area contributed by atoms with E-state index in [-0.39, 0.29) is 11.4 Å². The average molecular weight is 452 g/mol. The van der Waals surface area contributed by atoms with Gasteiger partial charge in [0.05, 0.1) is 5.69 Å². The van der Waals surface area contributed by atoms with Crippen LogP contribution in [-0.4, -0.2) is 15.2 Å². The Labute approximate surface area is 194 Å². The van der Waals surface area contributed by atoms with E-state index in [4.69, 9.17) is 5.53 Å². The van der Waals surface area contributed by atoms with Gasteiger partial charge < -0.3 is 0 Å². The van der Waals surface area contributed by atoms with Gasteiger partial charge in [-0.1, -0.05) is 95.7 Å². The first kappa shape index (κ1) is 21.9. The van der Waals surface area contributed by atoms with Crippen molar-refractivity contribution in [1.29, 1.82) is 5.26 Å². The largest absolute Gasteiger partial charge is 0.290 e. The number of nitrogens with one attached hydrogen (secondary N) is 1. The van der Waals surface area contributed by atoms with Gasteiger partial charge >= 0.3 is 0 Å². The summed E-state index contributed by atoms with van der Waals surface area (Å²) in [7, 11) is 0. The number of aromatic nitrogens is 2. The van der Waals surface area contributed by atoms with Crippen molar-refractivity contribution in [1.82, 2.24) is 9.97 Å². The molecule has 0 unspecified atom stereocenters. The van der Waals surface area contributed by atoms with Crippen LogP contribution in [-0.2, 0) is 5.75 Å². The predicted octanol–water partition coefficient (Wildman–Crippen LogP) is 6.72. The minimum atomic E-state index is 0.0517. The molecule has 8 nitrogen and oxygen atoms in total. The van der Waals surface area contributed by atoms with E-state index in [2.05, 4.69) is 26.1 Å². The lowest BCUT2D eigenvalue weighted by atomic mass is 10.0. The number of rotatable bonds is 7. The highest BCUT2D eigenvalue weighted by Crippen LogP contribution is 2.31. The zero-order valence-electron chi connectivity index (χ0n) is 17.3. The Morgan fingerprint density at radius 3 is 2.24 bits per heavy atom. The molecule has 0 aliphatic rings. The molecule has 33 heavy (non-hydrogen) atoms. The van der Waals surface area contributed by atoms with Gasteiger partial charge in [-0.15, -0.1) is 0 Å². The summed E-state index contributed by atoms with van der Waals surface area (Å²) in [5, 5.41) is 23.2. The van der Waals surface area contributed by atoms with Crippen LogP contribution in [0.1, 0.15) is 11.1 Å². The predicted molar refractivity (Wildman–Crippen MR) is 128 cm³/mol. The number of benzene rings is 3. The van der Waals surface area contributed by atoms with Gasteiger partial charge in [-0.25, -0.2) is 9.97 Å². The summed E-state index contributed by atoms with van der Waals surface area (Å²) in [5.41, 5.74) is 15.5. The number of nitriles is 1. The van der Waals surface area contributed by atoms with Crippen molar-refractivity contribution >= 4 is 23.3 Å². The van der Waals surface area contributed by atoms with Gasteiger partial charge in [0.25, 0.3) is 0 Å². The van der Waals surface area contributed by atoms with E-state index in [1.54, 1.807) is 12.1 Å². The van der Waals surface area contributed by atoms with Crippen LogP contribution in [0.4, 0.5) is 11.5 Å². The van der Waals surface area contributed by atoms with Crippen LogP contribution in [0.3, 0.4) is 0 Å². The molecule has 0 atom stereocenters. The smallest absolute Gasteiger partial charge is 0.190 e. The topological polar surface area (TPSA) is 131 Å². The van der Waals surface area contributed by atoms with Crippen LogP contribution in [0.5, 0.6) is 0 Å². The molecule has 0 aliphatic heterocycles. The summed E-state index contributed by atoms with van der Waals surface area (Å²) in [6, 6.07) is 27.0. The lowest BCUT2D eigenvalue weighted by Gasteiger charge is -2.11. The zero-order valence-corrected chi connectivity index (χ0v) is 18.1. The molecule has 0 spiro atoms. The summed E-state index contributed by atoms with van der Waals surface area (Å²) in [6.07, 6.45) is 0. The maximum Gasteiger partial charge on any atom is 0.190 e. The van der Waals surface area contributed by atoms with Gasteiger partial charge in [-0.3, -0.25) is 10.7 Å². The third kappa shape index (κ3) is 5.11. The molecular formula is C24H17N7OS. The average Bonchev–Trinajstić information content (AvgIpc) is 2.88. The van der Waals surface area contributed by atoms with Gasteiger partial charge in [0, 0.05) is 21.9 Å². The Bertz CT molecular complexity index is 1340. The Kier molecular flexibility index (Phi) is 6.83. The van der Waals surface area contributed by atoms with Crippen molar-refractivity contribution in [2.45, 2.75) is 10.9 Å². The van der Waals surface area contributed by atoms with Crippen molar-refractivity contribution < 1.29 is 5.21 Å². The summed E-state index contributed by atoms with van der Waals surface area (Å²) >= 11 is 1.36. The third-order valence-electron chi connectivity index (χ3n) is 4.84. The molecule has 0 bridgehead atoms. The number of thioether (sulfide) groups is 1. The normalized spacial score (nSPS) is 10.2. The Hall–Kier alpha value is -4.35. The fraction of sp³-hybridized carbons (Fsp3) is 0.0417. The maximum absolute atomic E-state index is 9.67. The molecule has 4 rings (SSSR count). The first-order valence-electron chi connectivity index (χ1n) is 9.87. The molecule has 0 saturated heterocycles. The second-order valence-electron chi connectivity index (χ2n) is 6.89. The van der Waals surface area contributed by atoms with Gasteiger partial charge in [0.1, 0.15) is 11.6 Å². The molecule has 160 valence electrons. The van der Waals surface area contributed by atoms with Crippen LogP contribution in [0.2, 0.25) is 0 Å². The van der Waals surface area contributed by atoms with Gasteiger partial charge in [-0.05, 0) is 22.2 Å². The number of azide groups is 1. The summed E-state index contributed by atoms with van der Waals surface area (Å²) in [5.74, 6) is 0.607. The number of hydrogen-bond donors (Lipinski definition) is 2. The van der Waals surface area contributed by atoms with Crippen molar-refractivity contribution in [2.75, 3.05) is 5.48 Å². The standard InChI is InChI=1S/C24H17N7OS/c25-14-21-22(19-10-8-18(9-11-19)17-4-2-1-3-5-17)27-24(28-23(21)30-32)33-15-16-6-12-20(13-7-16)29-31-26/h1-13,32H,15H2,(H,27,28,30). The van der Waals surface area contributed by atoms with Gasteiger partial charge in [0.15, 0.2) is 11.0 Å². The molecule has 3 aromatic carbocycles. The highest BCUT2D eigenvalue weighted by Gasteiger charge is 2.16. The third-order valence-corrected chi connectivity index (χ3v) is 5.75. The molecule has 0 fully saturated rings. The number of nitrogens with zero attached hydrogens (tertiary/aromatic N) is 6. The van der Waals surface area contributed by atoms with E-state index in [0.717, 1.165) is 22.3 Å². The fourth-order valence-corrected chi connectivity index (χ4v) is 4.01. The van der Waals surface area contributed by atoms with Crippen molar-refractivity contribution in [3.63, 3.8) is 0 Å². The van der Waals surface area contributed by atoms with Gasteiger partial charge in [-0.2, -0.15) is 5.26 Å². The minimum Gasteiger partial charge on any atom is -0.290 e. The summed E-state index contributed by atoms with van der Waals surface area (Å²) in [4.78, 5) is 11.6. The Morgan fingerprint density at radius 2 is 1.61 bits per heavy atom. The number of hydrogen-bond acceptors (Lipinski definition) is 7. The minimum absolute atomic E-state index is 0.0517. The molecule has 0 saturated carbocycles. The highest BCUT2D eigenvalue weighted by molar-refractivity contribution is 7.98. The molecule has 0 amide bonds. The summed E-state index contributed by atoms with van der Waals surface area (Å²) in [6.45, 7) is 0. The lowest BCUT2D eigenvalue weighted by molar-refractivity contribution is 0.384. The van der Waals surface area contributed by atoms with E-state index in [0.29, 0.717) is 22.3 Å². The lowest BCUT2D eigenvalue weighted by Crippen LogP contribution is -2.03. The van der Waals surface area contributed by atoms with Crippen molar-refractivity contribution in [3.8, 4) is 28.5 Å². The molecule has 0 radical (unpaired) electrons. The fourth-order valence-electron chi connectivity index (χ4n) is 3.21. The Balaban J connectivity index is 1.63. The monoisotopic (exact) mass is 451 g/mol. The van der Waals surface area contributed by atoms with Crippen molar-refractivity contribution in [2.24, 2.45) is 5.11 Å². The second-order valence-corrected chi connectivity index (χ2v) is 7.83. The van der Waals surface area contributed by atoms with Crippen LogP contribution < -0.4 is 5.48 Å². The molecule has 0 aliphatic carbocycles.